The normalized spacial score (nSPS) is 21.3. The zero-order chi connectivity index (χ0) is 15.7. The summed E-state index contributed by atoms with van der Waals surface area (Å²) in [4.78, 5) is 23.5. The molecule has 6 nitrogen and oxygen atoms in total. The minimum atomic E-state index is -0.498. The van der Waals surface area contributed by atoms with Crippen molar-refractivity contribution in [3.8, 4) is 0 Å². The van der Waals surface area contributed by atoms with Crippen LogP contribution < -0.4 is 0 Å². The van der Waals surface area contributed by atoms with Crippen LogP contribution in [0.3, 0.4) is 0 Å². The van der Waals surface area contributed by atoms with Crippen molar-refractivity contribution in [3.63, 3.8) is 0 Å². The molecule has 2 aromatic rings. The van der Waals surface area contributed by atoms with Crippen molar-refractivity contribution in [2.45, 2.75) is 45.6 Å². The third kappa shape index (κ3) is 2.38. The van der Waals surface area contributed by atoms with Crippen LogP contribution >= 0.6 is 0 Å². The van der Waals surface area contributed by atoms with Crippen molar-refractivity contribution in [2.24, 2.45) is 0 Å². The highest BCUT2D eigenvalue weighted by Crippen LogP contribution is 2.37. The van der Waals surface area contributed by atoms with Crippen LogP contribution in [0, 0.1) is 6.92 Å². The molecule has 1 aliphatic rings. The number of nitrogens with zero attached hydrogens (tertiary/aromatic N) is 4. The van der Waals surface area contributed by atoms with Gasteiger partial charge >= 0.3 is 0 Å². The lowest BCUT2D eigenvalue weighted by Crippen LogP contribution is -2.44. The van der Waals surface area contributed by atoms with Crippen LogP contribution in [0.25, 0.3) is 0 Å². The molecule has 1 amide bonds. The molecule has 22 heavy (non-hydrogen) atoms. The Balaban J connectivity index is 1.93. The van der Waals surface area contributed by atoms with Gasteiger partial charge in [-0.15, -0.1) is 0 Å². The maximum atomic E-state index is 12.8. The maximum absolute atomic E-state index is 12.8. The van der Waals surface area contributed by atoms with E-state index in [1.54, 1.807) is 12.3 Å². The first-order valence-electron chi connectivity index (χ1n) is 7.62. The van der Waals surface area contributed by atoms with Gasteiger partial charge in [0.15, 0.2) is 5.82 Å². The Bertz CT molecular complexity index is 697. The number of aryl methyl sites for hydroxylation is 2. The summed E-state index contributed by atoms with van der Waals surface area (Å²) in [6.45, 7) is 6.60. The molecule has 3 heterocycles. The van der Waals surface area contributed by atoms with Crippen LogP contribution in [0.5, 0.6) is 0 Å². The number of carbonyl (C=O) groups excluding carboxylic acids is 1. The van der Waals surface area contributed by atoms with E-state index in [1.807, 2.05) is 31.7 Å². The van der Waals surface area contributed by atoms with Gasteiger partial charge in [-0.3, -0.25) is 4.79 Å². The Morgan fingerprint density at radius 1 is 1.50 bits per heavy atom. The monoisotopic (exact) mass is 300 g/mol. The molecule has 0 unspecified atom stereocenters. The summed E-state index contributed by atoms with van der Waals surface area (Å²) in [6.07, 6.45) is 4.26. The minimum absolute atomic E-state index is 0.141. The van der Waals surface area contributed by atoms with Crippen LogP contribution in [-0.4, -0.2) is 32.5 Å². The molecule has 2 aromatic heterocycles. The molecule has 0 N–H and O–H groups in total. The second-order valence-electron chi connectivity index (χ2n) is 5.89. The number of hydrogen-bond donors (Lipinski definition) is 0. The molecule has 1 fully saturated rings. The lowest BCUT2D eigenvalue weighted by Gasteiger charge is -2.33. The lowest BCUT2D eigenvalue weighted by molar-refractivity contribution is 0.0561. The number of likely N-dealkylation sites (tertiary alicyclic amines) is 1. The Kier molecular flexibility index (Phi) is 3.68. The minimum Gasteiger partial charge on any atom is -0.351 e. The van der Waals surface area contributed by atoms with Crippen molar-refractivity contribution in [3.05, 3.63) is 41.3 Å². The predicted molar refractivity (Wildman–Crippen MR) is 80.3 cm³/mol. The van der Waals surface area contributed by atoms with Crippen molar-refractivity contribution >= 4 is 5.91 Å². The number of rotatable bonds is 3. The van der Waals surface area contributed by atoms with Gasteiger partial charge in [0.25, 0.3) is 5.91 Å². The summed E-state index contributed by atoms with van der Waals surface area (Å²) >= 11 is 0. The Hall–Kier alpha value is -2.24. The molecule has 0 bridgehead atoms. The molecule has 0 spiro atoms. The first-order valence-corrected chi connectivity index (χ1v) is 7.62. The highest BCUT2D eigenvalue weighted by Gasteiger charge is 2.44. The van der Waals surface area contributed by atoms with Gasteiger partial charge in [-0.05, 0) is 39.2 Å². The van der Waals surface area contributed by atoms with E-state index in [-0.39, 0.29) is 11.7 Å². The van der Waals surface area contributed by atoms with Gasteiger partial charge in [0, 0.05) is 24.5 Å². The zero-order valence-corrected chi connectivity index (χ0v) is 13.2. The third-order valence-corrected chi connectivity index (χ3v) is 4.29. The van der Waals surface area contributed by atoms with E-state index in [4.69, 9.17) is 4.52 Å². The fourth-order valence-corrected chi connectivity index (χ4v) is 2.94. The lowest BCUT2D eigenvalue weighted by atomic mass is 9.97. The standard InChI is InChI=1S/C16H20N4O2/c1-4-12-10-13(22-19-12)14(21)20-9-5-7-16(20,3)15-17-8-6-11(2)18-15/h6,8,10H,4-5,7,9H2,1-3H3/t16-/m0/s1. The molecule has 0 aliphatic carbocycles. The van der Waals surface area contributed by atoms with Gasteiger partial charge in [0.05, 0.1) is 5.69 Å². The first kappa shape index (κ1) is 14.7. The van der Waals surface area contributed by atoms with Crippen LogP contribution in [0.15, 0.2) is 22.9 Å². The summed E-state index contributed by atoms with van der Waals surface area (Å²) in [5, 5.41) is 3.91. The number of carbonyl (C=O) groups is 1. The van der Waals surface area contributed by atoms with E-state index in [1.165, 1.54) is 0 Å². The topological polar surface area (TPSA) is 72.1 Å². The number of amides is 1. The largest absolute Gasteiger partial charge is 0.351 e. The Morgan fingerprint density at radius 2 is 2.32 bits per heavy atom. The van der Waals surface area contributed by atoms with Crippen LogP contribution in [0.1, 0.15) is 54.5 Å². The Labute approximate surface area is 129 Å². The fraction of sp³-hybridized carbons (Fsp3) is 0.500. The molecule has 0 aromatic carbocycles. The van der Waals surface area contributed by atoms with Gasteiger partial charge in [0.1, 0.15) is 5.54 Å². The SMILES string of the molecule is CCc1cc(C(=O)N2CCC[C@@]2(C)c2nccc(C)n2)on1. The summed E-state index contributed by atoms with van der Waals surface area (Å²) in [5.41, 5.74) is 1.19. The average molecular weight is 300 g/mol. The third-order valence-electron chi connectivity index (χ3n) is 4.29. The van der Waals surface area contributed by atoms with Gasteiger partial charge in [0.2, 0.25) is 5.76 Å². The number of hydrogen-bond acceptors (Lipinski definition) is 5. The molecule has 1 atom stereocenters. The summed E-state index contributed by atoms with van der Waals surface area (Å²) in [5.74, 6) is 0.837. The van der Waals surface area contributed by atoms with E-state index in [0.717, 1.165) is 30.7 Å². The molecule has 1 aliphatic heterocycles. The average Bonchev–Trinajstić information content (AvgIpc) is 3.14. The first-order chi connectivity index (χ1) is 10.5. The fourth-order valence-electron chi connectivity index (χ4n) is 2.94. The summed E-state index contributed by atoms with van der Waals surface area (Å²) in [6, 6.07) is 3.58. The highest BCUT2D eigenvalue weighted by atomic mass is 16.5. The number of aromatic nitrogens is 3. The molecular weight excluding hydrogens is 280 g/mol. The van der Waals surface area contributed by atoms with E-state index >= 15 is 0 Å². The van der Waals surface area contributed by atoms with E-state index in [2.05, 4.69) is 15.1 Å². The molecule has 3 rings (SSSR count). The predicted octanol–water partition coefficient (Wildman–Crippen LogP) is 2.49. The molecule has 0 radical (unpaired) electrons. The molecule has 1 saturated heterocycles. The van der Waals surface area contributed by atoms with Crippen molar-refractivity contribution in [2.75, 3.05) is 6.54 Å². The van der Waals surface area contributed by atoms with E-state index < -0.39 is 5.54 Å². The highest BCUT2D eigenvalue weighted by molar-refractivity contribution is 5.92. The molecule has 0 saturated carbocycles. The Morgan fingerprint density at radius 3 is 3.00 bits per heavy atom. The van der Waals surface area contributed by atoms with Crippen LogP contribution in [-0.2, 0) is 12.0 Å². The van der Waals surface area contributed by atoms with Gasteiger partial charge in [-0.25, -0.2) is 9.97 Å². The van der Waals surface area contributed by atoms with Crippen molar-refractivity contribution in [1.29, 1.82) is 0 Å². The smallest absolute Gasteiger partial charge is 0.293 e. The van der Waals surface area contributed by atoms with E-state index in [9.17, 15) is 4.79 Å². The van der Waals surface area contributed by atoms with Crippen molar-refractivity contribution in [1.82, 2.24) is 20.0 Å². The van der Waals surface area contributed by atoms with Gasteiger partial charge in [-0.2, -0.15) is 0 Å². The van der Waals surface area contributed by atoms with E-state index in [0.29, 0.717) is 12.4 Å². The molecular formula is C16H20N4O2. The summed E-state index contributed by atoms with van der Waals surface area (Å²) in [7, 11) is 0. The van der Waals surface area contributed by atoms with Crippen LogP contribution in [0.2, 0.25) is 0 Å². The quantitative estimate of drug-likeness (QED) is 0.870. The van der Waals surface area contributed by atoms with Crippen molar-refractivity contribution < 1.29 is 9.32 Å². The van der Waals surface area contributed by atoms with Gasteiger partial charge in [-0.1, -0.05) is 12.1 Å². The zero-order valence-electron chi connectivity index (χ0n) is 13.2. The van der Waals surface area contributed by atoms with Crippen LogP contribution in [0.4, 0.5) is 0 Å². The van der Waals surface area contributed by atoms with Gasteiger partial charge < -0.3 is 9.42 Å². The maximum Gasteiger partial charge on any atom is 0.293 e. The molecule has 6 heteroatoms. The summed E-state index contributed by atoms with van der Waals surface area (Å²) < 4.78 is 5.20. The second kappa shape index (κ2) is 5.51. The second-order valence-corrected chi connectivity index (χ2v) is 5.89. The molecule has 116 valence electrons.